The molecule has 0 aliphatic carbocycles. The van der Waals surface area contributed by atoms with Gasteiger partial charge in [-0.3, -0.25) is 14.6 Å². The average molecular weight is 539 g/mol. The molecule has 0 radical (unpaired) electrons. The summed E-state index contributed by atoms with van der Waals surface area (Å²) in [7, 11) is 1.49. The zero-order valence-electron chi connectivity index (χ0n) is 20.8. The van der Waals surface area contributed by atoms with Crippen LogP contribution in [-0.4, -0.2) is 91.7 Å². The second-order valence-electron chi connectivity index (χ2n) is 8.63. The molecule has 2 atom stereocenters. The predicted molar refractivity (Wildman–Crippen MR) is 138 cm³/mol. The molecule has 3 amide bonds. The van der Waals surface area contributed by atoms with E-state index in [0.717, 1.165) is 0 Å². The Kier molecular flexibility index (Phi) is 9.78. The summed E-state index contributed by atoms with van der Waals surface area (Å²) in [5.74, 6) is -0.613. The molecule has 2 aliphatic heterocycles. The maximum absolute atomic E-state index is 13.3. The van der Waals surface area contributed by atoms with Gasteiger partial charge in [0.2, 0.25) is 5.91 Å². The summed E-state index contributed by atoms with van der Waals surface area (Å²) in [5, 5.41) is 3.66. The summed E-state index contributed by atoms with van der Waals surface area (Å²) in [6.45, 7) is 9.79. The van der Waals surface area contributed by atoms with Crippen molar-refractivity contribution >= 4 is 41.1 Å². The van der Waals surface area contributed by atoms with E-state index in [0.29, 0.717) is 53.1 Å². The normalized spacial score (nSPS) is 20.9. The van der Waals surface area contributed by atoms with E-state index in [1.165, 1.54) is 12.0 Å². The van der Waals surface area contributed by atoms with Crippen molar-refractivity contribution < 1.29 is 23.9 Å². The van der Waals surface area contributed by atoms with Gasteiger partial charge >= 0.3 is 12.0 Å². The number of piperazine rings is 1. The number of nitrogens with one attached hydrogen (secondary N) is 1. The number of nitrogens with zero attached hydrogens (tertiary/aromatic N) is 3. The van der Waals surface area contributed by atoms with Gasteiger partial charge < -0.3 is 19.7 Å². The Bertz CT molecular complexity index is 1050. The first-order valence-electron chi connectivity index (χ1n) is 11.8. The van der Waals surface area contributed by atoms with Crippen LogP contribution in [0.25, 0.3) is 0 Å². The van der Waals surface area contributed by atoms with Crippen LogP contribution in [0.5, 0.6) is 0 Å². The molecule has 196 valence electrons. The van der Waals surface area contributed by atoms with E-state index in [-0.39, 0.29) is 37.7 Å². The molecule has 1 saturated heterocycles. The number of hydrogen-bond donors (Lipinski definition) is 1. The Hall–Kier alpha value is -2.59. The first-order chi connectivity index (χ1) is 17.2. The highest BCUT2D eigenvalue weighted by Gasteiger charge is 2.40. The van der Waals surface area contributed by atoms with E-state index in [1.807, 2.05) is 6.92 Å². The quantitative estimate of drug-likeness (QED) is 0.383. The third-order valence-corrected chi connectivity index (χ3v) is 6.75. The summed E-state index contributed by atoms with van der Waals surface area (Å²) in [4.78, 5) is 44.3. The lowest BCUT2D eigenvalue weighted by molar-refractivity contribution is -0.139. The zero-order valence-corrected chi connectivity index (χ0v) is 22.3. The maximum Gasteiger partial charge on any atom is 0.338 e. The molecule has 1 aromatic rings. The molecule has 11 heteroatoms. The predicted octanol–water partition coefficient (Wildman–Crippen LogP) is 3.24. The SMILES string of the molecule is C=CCN1C(=O)NC(c2ccc(Cl)cc2Cl)C(C(=O)OCC)=C1CN1CCN(C(=O)COC)C(C)C1. The number of rotatable bonds is 9. The number of esters is 1. The molecule has 0 spiro atoms. The number of hydrogen-bond acceptors (Lipinski definition) is 6. The summed E-state index contributed by atoms with van der Waals surface area (Å²) in [6.07, 6.45) is 1.60. The van der Waals surface area contributed by atoms with Crippen molar-refractivity contribution in [2.24, 2.45) is 0 Å². The smallest absolute Gasteiger partial charge is 0.338 e. The highest BCUT2D eigenvalue weighted by atomic mass is 35.5. The number of halogens is 2. The Morgan fingerprint density at radius 2 is 2.03 bits per heavy atom. The van der Waals surface area contributed by atoms with Crippen molar-refractivity contribution in [1.29, 1.82) is 0 Å². The van der Waals surface area contributed by atoms with Gasteiger partial charge in [0.05, 0.1) is 18.2 Å². The summed E-state index contributed by atoms with van der Waals surface area (Å²) < 4.78 is 10.4. The van der Waals surface area contributed by atoms with Crippen LogP contribution in [0, 0.1) is 0 Å². The van der Waals surface area contributed by atoms with Crippen molar-refractivity contribution in [3.05, 3.63) is 57.7 Å². The Morgan fingerprint density at radius 1 is 1.28 bits per heavy atom. The lowest BCUT2D eigenvalue weighted by atomic mass is 9.93. The fourth-order valence-electron chi connectivity index (χ4n) is 4.58. The van der Waals surface area contributed by atoms with Crippen LogP contribution in [0.3, 0.4) is 0 Å². The van der Waals surface area contributed by atoms with E-state index in [1.54, 1.807) is 36.1 Å². The van der Waals surface area contributed by atoms with Crippen molar-refractivity contribution in [3.63, 3.8) is 0 Å². The second-order valence-corrected chi connectivity index (χ2v) is 9.48. The van der Waals surface area contributed by atoms with Crippen LogP contribution in [-0.2, 0) is 19.1 Å². The topological polar surface area (TPSA) is 91.4 Å². The largest absolute Gasteiger partial charge is 0.463 e. The minimum Gasteiger partial charge on any atom is -0.463 e. The van der Waals surface area contributed by atoms with E-state index in [9.17, 15) is 14.4 Å². The molecule has 1 fully saturated rings. The van der Waals surface area contributed by atoms with E-state index in [2.05, 4.69) is 16.8 Å². The minimum absolute atomic E-state index is 0.0271. The van der Waals surface area contributed by atoms with Crippen LogP contribution >= 0.6 is 23.2 Å². The number of methoxy groups -OCH3 is 1. The number of urea groups is 1. The lowest BCUT2D eigenvalue weighted by Gasteiger charge is -2.43. The molecule has 0 saturated carbocycles. The van der Waals surface area contributed by atoms with E-state index >= 15 is 0 Å². The van der Waals surface area contributed by atoms with Crippen molar-refractivity contribution in [2.75, 3.05) is 53.0 Å². The number of benzene rings is 1. The van der Waals surface area contributed by atoms with Gasteiger partial charge in [0, 0.05) is 61.6 Å². The maximum atomic E-state index is 13.3. The molecule has 2 heterocycles. The number of ether oxygens (including phenoxy) is 2. The molecule has 1 aromatic carbocycles. The van der Waals surface area contributed by atoms with Gasteiger partial charge in [0.15, 0.2) is 0 Å². The Balaban J connectivity index is 2.02. The monoisotopic (exact) mass is 538 g/mol. The zero-order chi connectivity index (χ0) is 26.4. The standard InChI is InChI=1S/C25H32Cl2N4O5/c1-5-9-31-20(14-29-10-11-30(16(3)13-29)21(32)15-35-4)22(24(33)36-6-2)23(28-25(31)34)18-8-7-17(26)12-19(18)27/h5,7-8,12,16,23H,1,6,9-11,13-15H2,2-4H3,(H,28,34). The third kappa shape index (κ3) is 6.21. The van der Waals surface area contributed by atoms with Crippen LogP contribution in [0.4, 0.5) is 4.79 Å². The Labute approximate surface area is 221 Å². The molecular formula is C25H32Cl2N4O5. The summed E-state index contributed by atoms with van der Waals surface area (Å²) in [5.41, 5.74) is 1.35. The lowest BCUT2D eigenvalue weighted by Crippen LogP contribution is -2.57. The first-order valence-corrected chi connectivity index (χ1v) is 12.5. The summed E-state index contributed by atoms with van der Waals surface area (Å²) in [6, 6.07) is 3.65. The fraction of sp³-hybridized carbons (Fsp3) is 0.480. The average Bonchev–Trinajstić information content (AvgIpc) is 2.81. The molecule has 0 bridgehead atoms. The molecule has 2 aliphatic rings. The van der Waals surface area contributed by atoms with Crippen LogP contribution in [0.15, 0.2) is 42.1 Å². The number of amides is 3. The van der Waals surface area contributed by atoms with Gasteiger partial charge in [-0.1, -0.05) is 35.3 Å². The fourth-order valence-corrected chi connectivity index (χ4v) is 5.10. The highest BCUT2D eigenvalue weighted by molar-refractivity contribution is 6.35. The molecule has 36 heavy (non-hydrogen) atoms. The molecule has 2 unspecified atom stereocenters. The van der Waals surface area contributed by atoms with Crippen LogP contribution in [0.1, 0.15) is 25.5 Å². The van der Waals surface area contributed by atoms with Crippen molar-refractivity contribution in [1.82, 2.24) is 20.0 Å². The van der Waals surface area contributed by atoms with Crippen LogP contribution in [0.2, 0.25) is 10.0 Å². The van der Waals surface area contributed by atoms with E-state index in [4.69, 9.17) is 32.7 Å². The van der Waals surface area contributed by atoms with Crippen LogP contribution < -0.4 is 5.32 Å². The highest BCUT2D eigenvalue weighted by Crippen LogP contribution is 2.36. The van der Waals surface area contributed by atoms with Gasteiger partial charge in [0.1, 0.15) is 6.61 Å². The van der Waals surface area contributed by atoms with Crippen molar-refractivity contribution in [3.8, 4) is 0 Å². The number of carbonyl (C=O) groups is 3. The van der Waals surface area contributed by atoms with Gasteiger partial charge in [-0.15, -0.1) is 6.58 Å². The molecular weight excluding hydrogens is 507 g/mol. The Morgan fingerprint density at radius 3 is 2.64 bits per heavy atom. The molecule has 3 rings (SSSR count). The third-order valence-electron chi connectivity index (χ3n) is 6.19. The molecule has 0 aromatic heterocycles. The van der Waals surface area contributed by atoms with E-state index < -0.39 is 12.0 Å². The van der Waals surface area contributed by atoms with Gasteiger partial charge in [-0.05, 0) is 31.5 Å². The molecule has 1 N–H and O–H groups in total. The van der Waals surface area contributed by atoms with Gasteiger partial charge in [-0.2, -0.15) is 0 Å². The minimum atomic E-state index is -0.820. The first kappa shape index (κ1) is 28.0. The van der Waals surface area contributed by atoms with Gasteiger partial charge in [-0.25, -0.2) is 9.59 Å². The van der Waals surface area contributed by atoms with Crippen molar-refractivity contribution in [2.45, 2.75) is 25.9 Å². The second kappa shape index (κ2) is 12.6. The number of carbonyl (C=O) groups excluding carboxylic acids is 3. The summed E-state index contributed by atoms with van der Waals surface area (Å²) >= 11 is 12.6. The van der Waals surface area contributed by atoms with Gasteiger partial charge in [0.25, 0.3) is 0 Å². The molecule has 9 nitrogen and oxygen atoms in total.